The van der Waals surface area contributed by atoms with Gasteiger partial charge in [-0.15, -0.1) is 0 Å². The van der Waals surface area contributed by atoms with Crippen molar-refractivity contribution >= 4 is 5.91 Å². The molecule has 4 heteroatoms. The van der Waals surface area contributed by atoms with E-state index >= 15 is 0 Å². The van der Waals surface area contributed by atoms with Crippen molar-refractivity contribution in [3.8, 4) is 0 Å². The molecule has 1 amide bonds. The van der Waals surface area contributed by atoms with Gasteiger partial charge in [-0.3, -0.25) is 4.79 Å². The maximum absolute atomic E-state index is 12.4. The Morgan fingerprint density at radius 1 is 0.387 bits per heavy atom. The molecule has 2 unspecified atom stereocenters. The summed E-state index contributed by atoms with van der Waals surface area (Å²) in [6, 6.07) is -0.531. The molecule has 0 aromatic carbocycles. The molecule has 0 spiro atoms. The van der Waals surface area contributed by atoms with E-state index in [9.17, 15) is 15.0 Å². The van der Waals surface area contributed by atoms with E-state index < -0.39 is 12.1 Å². The van der Waals surface area contributed by atoms with E-state index in [1.54, 1.807) is 0 Å². The Bertz CT molecular complexity index is 901. The smallest absolute Gasteiger partial charge is 0.220 e. The van der Waals surface area contributed by atoms with Gasteiger partial charge in [-0.25, -0.2) is 0 Å². The molecule has 62 heavy (non-hydrogen) atoms. The molecular formula is C58H113NO3. The molecule has 0 rings (SSSR count). The van der Waals surface area contributed by atoms with Crippen LogP contribution in [0.5, 0.6) is 0 Å². The minimum absolute atomic E-state index is 0.0263. The quantitative estimate of drug-likeness (QED) is 0.0421. The fraction of sp³-hybridized carbons (Fsp3) is 0.914. The van der Waals surface area contributed by atoms with Crippen molar-refractivity contribution in [3.05, 3.63) is 24.3 Å². The predicted molar refractivity (Wildman–Crippen MR) is 276 cm³/mol. The van der Waals surface area contributed by atoms with Crippen LogP contribution in [-0.2, 0) is 4.79 Å². The standard InChI is InChI=1S/C58H113NO3/c1-3-5-7-9-11-13-15-16-17-18-19-20-21-22-23-24-25-26-27-28-29-30-31-32-33-34-35-36-37-38-39-40-41-42-44-46-48-50-52-54-58(62)59-56(55-60)57(61)53-51-49-47-45-43-14-12-10-8-6-4-2/h15-16,18-19,56-57,60-61H,3-14,17,20-55H2,1-2H3,(H,59,62)/b16-15-,19-18-. The number of unbranched alkanes of at least 4 members (excludes halogenated alkanes) is 42. The maximum Gasteiger partial charge on any atom is 0.220 e. The number of carbonyl (C=O) groups excluding carboxylic acids is 1. The van der Waals surface area contributed by atoms with Gasteiger partial charge in [-0.05, 0) is 44.9 Å². The summed E-state index contributed by atoms with van der Waals surface area (Å²) in [4.78, 5) is 12.4. The third-order valence-electron chi connectivity index (χ3n) is 13.5. The van der Waals surface area contributed by atoms with Crippen LogP contribution >= 0.6 is 0 Å². The van der Waals surface area contributed by atoms with Gasteiger partial charge in [0.25, 0.3) is 0 Å². The van der Waals surface area contributed by atoms with Crippen molar-refractivity contribution in [2.75, 3.05) is 6.61 Å². The van der Waals surface area contributed by atoms with Crippen LogP contribution in [0.15, 0.2) is 24.3 Å². The molecule has 368 valence electrons. The highest BCUT2D eigenvalue weighted by Crippen LogP contribution is 2.18. The van der Waals surface area contributed by atoms with E-state index in [4.69, 9.17) is 0 Å². The van der Waals surface area contributed by atoms with Crippen molar-refractivity contribution < 1.29 is 15.0 Å². The average molecular weight is 873 g/mol. The van der Waals surface area contributed by atoms with Crippen LogP contribution in [0.1, 0.15) is 322 Å². The monoisotopic (exact) mass is 872 g/mol. The lowest BCUT2D eigenvalue weighted by atomic mass is 10.0. The number of amides is 1. The molecule has 4 nitrogen and oxygen atoms in total. The van der Waals surface area contributed by atoms with Crippen LogP contribution in [0.2, 0.25) is 0 Å². The Hall–Kier alpha value is -1.13. The summed E-state index contributed by atoms with van der Waals surface area (Å²) in [5, 5.41) is 23.2. The molecular weight excluding hydrogens is 759 g/mol. The number of aliphatic hydroxyl groups excluding tert-OH is 2. The SMILES string of the molecule is CCCCCCC/C=C\C/C=C\CCCCCCCCCCCCCCCCCCCCCCCCCCCCCC(=O)NC(CO)C(O)CCCCCCCCCCCCC. The van der Waals surface area contributed by atoms with E-state index in [-0.39, 0.29) is 12.5 Å². The van der Waals surface area contributed by atoms with E-state index in [1.165, 1.54) is 263 Å². The minimum atomic E-state index is -0.654. The molecule has 3 N–H and O–H groups in total. The summed E-state index contributed by atoms with van der Waals surface area (Å²) < 4.78 is 0. The van der Waals surface area contributed by atoms with Crippen LogP contribution < -0.4 is 5.32 Å². The molecule has 0 bridgehead atoms. The van der Waals surface area contributed by atoms with Crippen LogP contribution in [0.4, 0.5) is 0 Å². The molecule has 0 aliphatic carbocycles. The molecule has 0 fully saturated rings. The van der Waals surface area contributed by atoms with E-state index in [0.717, 1.165) is 32.1 Å². The van der Waals surface area contributed by atoms with Crippen molar-refractivity contribution in [1.29, 1.82) is 0 Å². The molecule has 0 heterocycles. The van der Waals surface area contributed by atoms with E-state index in [1.807, 2.05) is 0 Å². The highest BCUT2D eigenvalue weighted by atomic mass is 16.3. The van der Waals surface area contributed by atoms with Crippen molar-refractivity contribution in [2.24, 2.45) is 0 Å². The Balaban J connectivity index is 3.33. The lowest BCUT2D eigenvalue weighted by Crippen LogP contribution is -2.45. The number of hydrogen-bond acceptors (Lipinski definition) is 3. The summed E-state index contributed by atoms with van der Waals surface area (Å²) in [6.45, 7) is 4.36. The highest BCUT2D eigenvalue weighted by Gasteiger charge is 2.20. The number of nitrogens with one attached hydrogen (secondary N) is 1. The fourth-order valence-corrected chi connectivity index (χ4v) is 9.10. The van der Waals surface area contributed by atoms with Gasteiger partial charge in [0.05, 0.1) is 18.8 Å². The zero-order valence-electron chi connectivity index (χ0n) is 42.4. The number of hydrogen-bond donors (Lipinski definition) is 3. The molecule has 0 radical (unpaired) electrons. The lowest BCUT2D eigenvalue weighted by Gasteiger charge is -2.22. The van der Waals surface area contributed by atoms with Gasteiger partial charge in [0.1, 0.15) is 0 Å². The molecule has 0 saturated heterocycles. The van der Waals surface area contributed by atoms with Crippen LogP contribution in [0.25, 0.3) is 0 Å². The first-order valence-electron chi connectivity index (χ1n) is 28.5. The van der Waals surface area contributed by atoms with Gasteiger partial charge < -0.3 is 15.5 Å². The topological polar surface area (TPSA) is 69.6 Å². The third-order valence-corrected chi connectivity index (χ3v) is 13.5. The van der Waals surface area contributed by atoms with Gasteiger partial charge in [0.15, 0.2) is 0 Å². The first-order chi connectivity index (χ1) is 30.7. The molecule has 0 aliphatic heterocycles. The Morgan fingerprint density at radius 3 is 0.968 bits per heavy atom. The normalized spacial score (nSPS) is 12.9. The Morgan fingerprint density at radius 2 is 0.661 bits per heavy atom. The number of allylic oxidation sites excluding steroid dienone is 4. The first kappa shape index (κ1) is 60.9. The summed E-state index contributed by atoms with van der Waals surface area (Å²) in [7, 11) is 0. The molecule has 0 aliphatic rings. The molecule has 0 saturated carbocycles. The second kappa shape index (κ2) is 54.2. The molecule has 0 aromatic heterocycles. The fourth-order valence-electron chi connectivity index (χ4n) is 9.10. The summed E-state index contributed by atoms with van der Waals surface area (Å²) in [5.41, 5.74) is 0. The van der Waals surface area contributed by atoms with Crippen molar-refractivity contribution in [1.82, 2.24) is 5.32 Å². The highest BCUT2D eigenvalue weighted by molar-refractivity contribution is 5.76. The van der Waals surface area contributed by atoms with Crippen LogP contribution in [0, 0.1) is 0 Å². The lowest BCUT2D eigenvalue weighted by molar-refractivity contribution is -0.123. The zero-order chi connectivity index (χ0) is 44.9. The summed E-state index contributed by atoms with van der Waals surface area (Å²) in [6.07, 6.45) is 71.9. The zero-order valence-corrected chi connectivity index (χ0v) is 42.4. The van der Waals surface area contributed by atoms with E-state index in [0.29, 0.717) is 12.8 Å². The largest absolute Gasteiger partial charge is 0.394 e. The summed E-state index contributed by atoms with van der Waals surface area (Å²) in [5.74, 6) is -0.0263. The first-order valence-corrected chi connectivity index (χ1v) is 28.5. The number of carbonyl (C=O) groups is 1. The van der Waals surface area contributed by atoms with Gasteiger partial charge >= 0.3 is 0 Å². The summed E-state index contributed by atoms with van der Waals surface area (Å²) >= 11 is 0. The number of aliphatic hydroxyl groups is 2. The minimum Gasteiger partial charge on any atom is -0.394 e. The van der Waals surface area contributed by atoms with Gasteiger partial charge in [0, 0.05) is 6.42 Å². The third kappa shape index (κ3) is 49.9. The van der Waals surface area contributed by atoms with Crippen molar-refractivity contribution in [3.63, 3.8) is 0 Å². The van der Waals surface area contributed by atoms with Crippen molar-refractivity contribution in [2.45, 2.75) is 334 Å². The Kier molecular flexibility index (Phi) is 53.2. The predicted octanol–water partition coefficient (Wildman–Crippen LogP) is 18.7. The molecule has 2 atom stereocenters. The second-order valence-corrected chi connectivity index (χ2v) is 19.7. The number of rotatable bonds is 53. The average Bonchev–Trinajstić information content (AvgIpc) is 3.28. The van der Waals surface area contributed by atoms with Gasteiger partial charge in [-0.2, -0.15) is 0 Å². The Labute approximate surface area is 389 Å². The van der Waals surface area contributed by atoms with Crippen LogP contribution in [-0.4, -0.2) is 34.9 Å². The van der Waals surface area contributed by atoms with Gasteiger partial charge in [-0.1, -0.05) is 295 Å². The van der Waals surface area contributed by atoms with Crippen LogP contribution in [0.3, 0.4) is 0 Å². The van der Waals surface area contributed by atoms with E-state index in [2.05, 4.69) is 43.5 Å². The maximum atomic E-state index is 12.4. The van der Waals surface area contributed by atoms with Gasteiger partial charge in [0.2, 0.25) is 5.91 Å². The second-order valence-electron chi connectivity index (χ2n) is 19.7. The molecule has 0 aromatic rings.